The van der Waals surface area contributed by atoms with Crippen LogP contribution in [0.4, 0.5) is 0 Å². The topological polar surface area (TPSA) is 41.1 Å². The molecule has 0 bridgehead atoms. The summed E-state index contributed by atoms with van der Waals surface area (Å²) in [6.07, 6.45) is 6.30. The van der Waals surface area contributed by atoms with Gasteiger partial charge in [-0.15, -0.1) is 12.4 Å². The maximum absolute atomic E-state index is 13.0. The van der Waals surface area contributed by atoms with Crippen molar-refractivity contribution in [2.45, 2.75) is 50.0 Å². The minimum Gasteiger partial charge on any atom is -0.351 e. The monoisotopic (exact) mass is 342 g/mol. The standard InChI is InChI=1S/C17H23ClN2O.ClH/c18-14-6-3-5-13(11-14)17(8-1-2-9-17)16(21)20-15-7-4-10-19-12-15;/h3,5-6,11,15,19H,1-2,4,7-10,12H2,(H,20,21);1H/t15-;/m0./s1. The SMILES string of the molecule is Cl.O=C(N[C@H]1CCCNC1)C1(c2cccc(Cl)c2)CCCC1. The van der Waals surface area contributed by atoms with Crippen molar-refractivity contribution in [3.05, 3.63) is 34.9 Å². The predicted octanol–water partition coefficient (Wildman–Crippen LogP) is 3.44. The van der Waals surface area contributed by atoms with Gasteiger partial charge in [-0.1, -0.05) is 36.6 Å². The lowest BCUT2D eigenvalue weighted by Crippen LogP contribution is -2.51. The number of amides is 1. The minimum absolute atomic E-state index is 0. The van der Waals surface area contributed by atoms with E-state index < -0.39 is 0 Å². The number of nitrogens with one attached hydrogen (secondary N) is 2. The van der Waals surface area contributed by atoms with Crippen molar-refractivity contribution in [1.82, 2.24) is 10.6 Å². The second kappa shape index (κ2) is 7.67. The molecular formula is C17H24Cl2N2O. The summed E-state index contributed by atoms with van der Waals surface area (Å²) in [6, 6.07) is 8.11. The highest BCUT2D eigenvalue weighted by Gasteiger charge is 2.43. The fourth-order valence-corrected chi connectivity index (χ4v) is 3.90. The van der Waals surface area contributed by atoms with Gasteiger partial charge in [-0.3, -0.25) is 4.79 Å². The Balaban J connectivity index is 0.00000176. The lowest BCUT2D eigenvalue weighted by Gasteiger charge is -2.32. The first-order valence-electron chi connectivity index (χ1n) is 7.98. The lowest BCUT2D eigenvalue weighted by molar-refractivity contribution is -0.127. The van der Waals surface area contributed by atoms with Gasteiger partial charge in [0.1, 0.15) is 0 Å². The zero-order chi connectivity index (χ0) is 14.7. The Bertz CT molecular complexity index is 509. The van der Waals surface area contributed by atoms with Crippen LogP contribution in [0.25, 0.3) is 0 Å². The van der Waals surface area contributed by atoms with E-state index in [0.29, 0.717) is 5.02 Å². The molecule has 1 saturated carbocycles. The summed E-state index contributed by atoms with van der Waals surface area (Å²) in [5, 5.41) is 7.35. The second-order valence-electron chi connectivity index (χ2n) is 6.32. The third-order valence-corrected chi connectivity index (χ3v) is 5.14. The van der Waals surface area contributed by atoms with Crippen LogP contribution in [0.3, 0.4) is 0 Å². The molecule has 2 fully saturated rings. The molecule has 22 heavy (non-hydrogen) atoms. The molecule has 2 N–H and O–H groups in total. The Morgan fingerprint density at radius 2 is 2.05 bits per heavy atom. The number of hydrogen-bond donors (Lipinski definition) is 2. The molecule has 3 rings (SSSR count). The maximum atomic E-state index is 13.0. The van der Waals surface area contributed by atoms with Gasteiger partial charge in [0, 0.05) is 17.6 Å². The molecule has 0 unspecified atom stereocenters. The molecule has 1 heterocycles. The largest absolute Gasteiger partial charge is 0.351 e. The lowest BCUT2D eigenvalue weighted by atomic mass is 9.77. The van der Waals surface area contributed by atoms with Crippen LogP contribution in [-0.2, 0) is 10.2 Å². The summed E-state index contributed by atoms with van der Waals surface area (Å²) in [4.78, 5) is 13.0. The van der Waals surface area contributed by atoms with Crippen LogP contribution in [0.1, 0.15) is 44.1 Å². The molecule has 5 heteroatoms. The normalized spacial score (nSPS) is 23.6. The van der Waals surface area contributed by atoms with Crippen LogP contribution in [-0.4, -0.2) is 25.0 Å². The van der Waals surface area contributed by atoms with Gasteiger partial charge in [0.05, 0.1) is 5.41 Å². The van der Waals surface area contributed by atoms with E-state index in [9.17, 15) is 4.79 Å². The number of hydrogen-bond acceptors (Lipinski definition) is 2. The summed E-state index contributed by atoms with van der Waals surface area (Å²) >= 11 is 6.14. The van der Waals surface area contributed by atoms with Crippen molar-refractivity contribution < 1.29 is 4.79 Å². The van der Waals surface area contributed by atoms with E-state index in [-0.39, 0.29) is 29.8 Å². The van der Waals surface area contributed by atoms with Gasteiger partial charge in [-0.2, -0.15) is 0 Å². The first-order valence-corrected chi connectivity index (χ1v) is 8.36. The molecule has 1 amide bonds. The summed E-state index contributed by atoms with van der Waals surface area (Å²) in [7, 11) is 0. The fraction of sp³-hybridized carbons (Fsp3) is 0.588. The van der Waals surface area contributed by atoms with Gasteiger partial charge in [-0.05, 0) is 49.9 Å². The maximum Gasteiger partial charge on any atom is 0.230 e. The van der Waals surface area contributed by atoms with Crippen molar-refractivity contribution in [2.24, 2.45) is 0 Å². The number of carbonyl (C=O) groups excluding carboxylic acids is 1. The van der Waals surface area contributed by atoms with Crippen LogP contribution < -0.4 is 10.6 Å². The first kappa shape index (κ1) is 17.6. The molecule has 1 aromatic rings. The van der Waals surface area contributed by atoms with Crippen molar-refractivity contribution in [1.29, 1.82) is 0 Å². The quantitative estimate of drug-likeness (QED) is 0.883. The molecule has 2 aliphatic rings. The molecule has 0 spiro atoms. The van der Waals surface area contributed by atoms with E-state index in [1.54, 1.807) is 0 Å². The van der Waals surface area contributed by atoms with Crippen LogP contribution >= 0.6 is 24.0 Å². The highest BCUT2D eigenvalue weighted by atomic mass is 35.5. The molecular weight excluding hydrogens is 319 g/mol. The number of rotatable bonds is 3. The third-order valence-electron chi connectivity index (χ3n) is 4.90. The second-order valence-corrected chi connectivity index (χ2v) is 6.75. The Labute approximate surface area is 143 Å². The van der Waals surface area contributed by atoms with E-state index in [1.165, 1.54) is 0 Å². The average molecular weight is 343 g/mol. The zero-order valence-electron chi connectivity index (χ0n) is 12.7. The van der Waals surface area contributed by atoms with Crippen molar-refractivity contribution in [3.8, 4) is 0 Å². The summed E-state index contributed by atoms with van der Waals surface area (Å²) in [5.41, 5.74) is 0.705. The molecule has 0 aromatic heterocycles. The fourth-order valence-electron chi connectivity index (χ4n) is 3.71. The van der Waals surface area contributed by atoms with E-state index >= 15 is 0 Å². The summed E-state index contributed by atoms with van der Waals surface area (Å²) in [6.45, 7) is 1.95. The van der Waals surface area contributed by atoms with Crippen LogP contribution in [0.2, 0.25) is 5.02 Å². The van der Waals surface area contributed by atoms with Gasteiger partial charge in [0.25, 0.3) is 0 Å². The Kier molecular flexibility index (Phi) is 6.13. The first-order chi connectivity index (χ1) is 10.2. The van der Waals surface area contributed by atoms with Gasteiger partial charge in [-0.25, -0.2) is 0 Å². The van der Waals surface area contributed by atoms with Gasteiger partial charge < -0.3 is 10.6 Å². The smallest absolute Gasteiger partial charge is 0.230 e. The summed E-state index contributed by atoms with van der Waals surface area (Å²) in [5.74, 6) is 0.191. The molecule has 3 nitrogen and oxygen atoms in total. The minimum atomic E-state index is -0.373. The van der Waals surface area contributed by atoms with Crippen molar-refractivity contribution in [2.75, 3.05) is 13.1 Å². The van der Waals surface area contributed by atoms with Crippen LogP contribution in [0.5, 0.6) is 0 Å². The average Bonchev–Trinajstić information content (AvgIpc) is 2.99. The highest BCUT2D eigenvalue weighted by Crippen LogP contribution is 2.42. The third kappa shape index (κ3) is 3.58. The van der Waals surface area contributed by atoms with E-state index in [2.05, 4.69) is 16.7 Å². The Morgan fingerprint density at radius 1 is 1.27 bits per heavy atom. The molecule has 1 aliphatic carbocycles. The number of halogens is 2. The molecule has 0 radical (unpaired) electrons. The predicted molar refractivity (Wildman–Crippen MR) is 92.9 cm³/mol. The Hall–Kier alpha value is -0.770. The van der Waals surface area contributed by atoms with Crippen LogP contribution in [0.15, 0.2) is 24.3 Å². The Morgan fingerprint density at radius 3 is 2.68 bits per heavy atom. The van der Waals surface area contributed by atoms with Crippen molar-refractivity contribution in [3.63, 3.8) is 0 Å². The number of carbonyl (C=O) groups is 1. The van der Waals surface area contributed by atoms with Gasteiger partial charge >= 0.3 is 0 Å². The van der Waals surface area contributed by atoms with Crippen LogP contribution in [0, 0.1) is 0 Å². The van der Waals surface area contributed by atoms with Gasteiger partial charge in [0.2, 0.25) is 5.91 Å². The number of benzene rings is 1. The molecule has 1 atom stereocenters. The van der Waals surface area contributed by atoms with Gasteiger partial charge in [0.15, 0.2) is 0 Å². The van der Waals surface area contributed by atoms with E-state index in [1.807, 2.05) is 18.2 Å². The molecule has 1 saturated heterocycles. The zero-order valence-corrected chi connectivity index (χ0v) is 14.3. The van der Waals surface area contributed by atoms with E-state index in [0.717, 1.165) is 57.2 Å². The summed E-state index contributed by atoms with van der Waals surface area (Å²) < 4.78 is 0. The molecule has 1 aromatic carbocycles. The molecule has 1 aliphatic heterocycles. The molecule has 122 valence electrons. The van der Waals surface area contributed by atoms with E-state index in [4.69, 9.17) is 11.6 Å². The highest BCUT2D eigenvalue weighted by molar-refractivity contribution is 6.30. The number of piperidine rings is 1. The van der Waals surface area contributed by atoms with Crippen molar-refractivity contribution >= 4 is 29.9 Å².